The highest BCUT2D eigenvalue weighted by Crippen LogP contribution is 2.28. The molecular formula is C19H13ClN6. The van der Waals surface area contributed by atoms with Gasteiger partial charge in [0.05, 0.1) is 23.6 Å². The van der Waals surface area contributed by atoms with Crippen molar-refractivity contribution in [1.82, 2.24) is 29.8 Å². The van der Waals surface area contributed by atoms with E-state index < -0.39 is 0 Å². The van der Waals surface area contributed by atoms with E-state index in [4.69, 9.17) is 11.6 Å². The second-order valence-corrected chi connectivity index (χ2v) is 6.53. The van der Waals surface area contributed by atoms with E-state index in [0.717, 1.165) is 39.2 Å². The lowest BCUT2D eigenvalue weighted by Crippen LogP contribution is -1.96. The number of aromatic amines is 1. The van der Waals surface area contributed by atoms with Crippen molar-refractivity contribution in [3.63, 3.8) is 0 Å². The smallest absolute Gasteiger partial charge is 0.180 e. The van der Waals surface area contributed by atoms with Gasteiger partial charge in [-0.15, -0.1) is 10.2 Å². The van der Waals surface area contributed by atoms with Gasteiger partial charge in [-0.2, -0.15) is 5.10 Å². The Morgan fingerprint density at radius 3 is 2.62 bits per heavy atom. The molecule has 7 heteroatoms. The van der Waals surface area contributed by atoms with Crippen molar-refractivity contribution in [3.05, 3.63) is 65.6 Å². The Hall–Kier alpha value is -3.25. The Balaban J connectivity index is 1.77. The van der Waals surface area contributed by atoms with Crippen LogP contribution in [0.2, 0.25) is 5.02 Å². The summed E-state index contributed by atoms with van der Waals surface area (Å²) in [6.07, 6.45) is 3.52. The third kappa shape index (κ3) is 2.27. The Bertz CT molecular complexity index is 1250. The van der Waals surface area contributed by atoms with E-state index in [1.807, 2.05) is 53.9 Å². The first-order valence-corrected chi connectivity index (χ1v) is 8.49. The quantitative estimate of drug-likeness (QED) is 0.509. The van der Waals surface area contributed by atoms with Gasteiger partial charge in [-0.3, -0.25) is 14.5 Å². The topological polar surface area (TPSA) is 71.8 Å². The summed E-state index contributed by atoms with van der Waals surface area (Å²) in [4.78, 5) is 4.30. The van der Waals surface area contributed by atoms with Crippen molar-refractivity contribution in [2.75, 3.05) is 0 Å². The van der Waals surface area contributed by atoms with E-state index in [1.54, 1.807) is 6.20 Å². The first-order valence-electron chi connectivity index (χ1n) is 8.11. The summed E-state index contributed by atoms with van der Waals surface area (Å²) in [6.45, 7) is 2.00. The lowest BCUT2D eigenvalue weighted by Gasteiger charge is -2.08. The Kier molecular flexibility index (Phi) is 3.26. The largest absolute Gasteiger partial charge is 0.282 e. The van der Waals surface area contributed by atoms with Crippen molar-refractivity contribution < 1.29 is 0 Å². The van der Waals surface area contributed by atoms with E-state index in [9.17, 15) is 0 Å². The Morgan fingerprint density at radius 1 is 0.962 bits per heavy atom. The number of aromatic nitrogens is 6. The zero-order valence-electron chi connectivity index (χ0n) is 13.8. The average molecular weight is 361 g/mol. The minimum absolute atomic E-state index is 0.691. The zero-order chi connectivity index (χ0) is 17.7. The monoisotopic (exact) mass is 360 g/mol. The highest BCUT2D eigenvalue weighted by molar-refractivity contribution is 6.30. The minimum Gasteiger partial charge on any atom is -0.282 e. The Labute approximate surface area is 153 Å². The second-order valence-electron chi connectivity index (χ2n) is 6.10. The van der Waals surface area contributed by atoms with Crippen LogP contribution in [0.1, 0.15) is 5.69 Å². The van der Waals surface area contributed by atoms with Gasteiger partial charge in [0.2, 0.25) is 0 Å². The summed E-state index contributed by atoms with van der Waals surface area (Å²) >= 11 is 6.03. The molecule has 3 heterocycles. The molecule has 3 aromatic heterocycles. The molecule has 1 N–H and O–H groups in total. The van der Waals surface area contributed by atoms with Gasteiger partial charge < -0.3 is 0 Å². The number of nitrogens with one attached hydrogen (secondary N) is 1. The molecule has 126 valence electrons. The average Bonchev–Trinajstić information content (AvgIpc) is 3.26. The molecule has 0 radical (unpaired) electrons. The highest BCUT2D eigenvalue weighted by atomic mass is 35.5. The summed E-state index contributed by atoms with van der Waals surface area (Å²) in [5.41, 5.74) is 5.51. The van der Waals surface area contributed by atoms with Crippen LogP contribution in [0.3, 0.4) is 0 Å². The number of hydrogen-bond donors (Lipinski definition) is 1. The fourth-order valence-corrected chi connectivity index (χ4v) is 3.26. The van der Waals surface area contributed by atoms with Gasteiger partial charge in [0.15, 0.2) is 11.5 Å². The minimum atomic E-state index is 0.691. The molecule has 0 spiro atoms. The van der Waals surface area contributed by atoms with Gasteiger partial charge in [-0.05, 0) is 37.3 Å². The summed E-state index contributed by atoms with van der Waals surface area (Å²) in [5, 5.41) is 17.8. The van der Waals surface area contributed by atoms with Crippen LogP contribution >= 0.6 is 11.6 Å². The first kappa shape index (κ1) is 15.0. The molecule has 0 aliphatic carbocycles. The number of benzene rings is 2. The summed E-state index contributed by atoms with van der Waals surface area (Å²) in [6, 6.07) is 13.7. The van der Waals surface area contributed by atoms with E-state index in [0.29, 0.717) is 10.7 Å². The lowest BCUT2D eigenvalue weighted by molar-refractivity contribution is 1.07. The number of halogens is 1. The molecule has 5 aromatic rings. The predicted molar refractivity (Wildman–Crippen MR) is 101 cm³/mol. The molecule has 0 aliphatic rings. The maximum Gasteiger partial charge on any atom is 0.180 e. The number of hydrogen-bond acceptors (Lipinski definition) is 4. The number of H-pyrrole nitrogens is 1. The van der Waals surface area contributed by atoms with Crippen LogP contribution in [0, 0.1) is 6.92 Å². The van der Waals surface area contributed by atoms with Gasteiger partial charge in [0.1, 0.15) is 0 Å². The standard InChI is InChI=1S/C19H13ClN6/c1-11-15-8-13(4-7-16(15)23-22-11)19-25-24-18-10-21-9-17(26(18)19)12-2-5-14(20)6-3-12/h2-10H,1H3,(H,22,23). The summed E-state index contributed by atoms with van der Waals surface area (Å²) in [5.74, 6) is 0.759. The summed E-state index contributed by atoms with van der Waals surface area (Å²) < 4.78 is 2.01. The van der Waals surface area contributed by atoms with Gasteiger partial charge in [0, 0.05) is 27.2 Å². The van der Waals surface area contributed by atoms with E-state index >= 15 is 0 Å². The third-order valence-corrected chi connectivity index (χ3v) is 4.71. The number of aryl methyl sites for hydroxylation is 1. The molecule has 2 aromatic carbocycles. The number of nitrogens with zero attached hydrogens (tertiary/aromatic N) is 5. The molecule has 0 saturated carbocycles. The van der Waals surface area contributed by atoms with E-state index in [2.05, 4.69) is 31.4 Å². The van der Waals surface area contributed by atoms with Crippen molar-refractivity contribution in [1.29, 1.82) is 0 Å². The van der Waals surface area contributed by atoms with Crippen LogP contribution in [-0.4, -0.2) is 29.8 Å². The van der Waals surface area contributed by atoms with Crippen LogP contribution in [0.25, 0.3) is 39.2 Å². The highest BCUT2D eigenvalue weighted by Gasteiger charge is 2.14. The van der Waals surface area contributed by atoms with Gasteiger partial charge >= 0.3 is 0 Å². The normalized spacial score (nSPS) is 11.5. The fourth-order valence-electron chi connectivity index (χ4n) is 3.14. The van der Waals surface area contributed by atoms with Crippen molar-refractivity contribution in [2.45, 2.75) is 6.92 Å². The molecule has 0 bridgehead atoms. The van der Waals surface area contributed by atoms with Crippen LogP contribution in [0.15, 0.2) is 54.9 Å². The predicted octanol–water partition coefficient (Wildman–Crippen LogP) is 4.30. The van der Waals surface area contributed by atoms with E-state index in [1.165, 1.54) is 0 Å². The molecule has 0 atom stereocenters. The van der Waals surface area contributed by atoms with Crippen molar-refractivity contribution in [2.24, 2.45) is 0 Å². The SMILES string of the molecule is Cc1[nH]nc2ccc(-c3nnc4cncc(-c5ccc(Cl)cc5)n34)cc12. The van der Waals surface area contributed by atoms with Gasteiger partial charge in [-0.25, -0.2) is 0 Å². The third-order valence-electron chi connectivity index (χ3n) is 4.46. The molecule has 0 amide bonds. The fraction of sp³-hybridized carbons (Fsp3) is 0.0526. The number of rotatable bonds is 2. The van der Waals surface area contributed by atoms with Gasteiger partial charge in [-0.1, -0.05) is 23.7 Å². The van der Waals surface area contributed by atoms with Crippen LogP contribution < -0.4 is 0 Å². The maximum absolute atomic E-state index is 6.03. The maximum atomic E-state index is 6.03. The van der Waals surface area contributed by atoms with Crippen LogP contribution in [0.5, 0.6) is 0 Å². The van der Waals surface area contributed by atoms with Crippen LogP contribution in [0.4, 0.5) is 0 Å². The van der Waals surface area contributed by atoms with E-state index in [-0.39, 0.29) is 0 Å². The van der Waals surface area contributed by atoms with Crippen molar-refractivity contribution in [3.8, 4) is 22.6 Å². The molecule has 26 heavy (non-hydrogen) atoms. The second kappa shape index (κ2) is 5.64. The first-order chi connectivity index (χ1) is 12.7. The zero-order valence-corrected chi connectivity index (χ0v) is 14.6. The molecule has 6 nitrogen and oxygen atoms in total. The molecule has 5 rings (SSSR count). The molecule has 0 unspecified atom stereocenters. The Morgan fingerprint density at radius 2 is 1.77 bits per heavy atom. The molecular weight excluding hydrogens is 348 g/mol. The summed E-state index contributed by atoms with van der Waals surface area (Å²) in [7, 11) is 0. The van der Waals surface area contributed by atoms with Crippen molar-refractivity contribution >= 4 is 28.2 Å². The number of fused-ring (bicyclic) bond motifs is 2. The molecule has 0 aliphatic heterocycles. The van der Waals surface area contributed by atoms with Gasteiger partial charge in [0.25, 0.3) is 0 Å². The molecule has 0 fully saturated rings. The lowest BCUT2D eigenvalue weighted by atomic mass is 10.1. The van der Waals surface area contributed by atoms with Crippen LogP contribution in [-0.2, 0) is 0 Å². The molecule has 0 saturated heterocycles.